The van der Waals surface area contributed by atoms with E-state index in [4.69, 9.17) is 0 Å². The maximum atomic E-state index is 11.1. The first-order valence-electron chi connectivity index (χ1n) is 15.4. The molecule has 0 aromatic carbocycles. The molecule has 0 fully saturated rings. The average Bonchev–Trinajstić information content (AvgIpc) is 2.91. The predicted molar refractivity (Wildman–Crippen MR) is 164 cm³/mol. The van der Waals surface area contributed by atoms with E-state index < -0.39 is 0 Å². The molecule has 0 aliphatic carbocycles. The Labute approximate surface area is 256 Å². The molecule has 0 aromatic rings. The van der Waals surface area contributed by atoms with Gasteiger partial charge in [0.1, 0.15) is 0 Å². The van der Waals surface area contributed by atoms with Gasteiger partial charge in [-0.1, -0.05) is 80.1 Å². The zero-order chi connectivity index (χ0) is 30.3. The topological polar surface area (TPSA) is 112 Å². The maximum absolute atomic E-state index is 11.1. The summed E-state index contributed by atoms with van der Waals surface area (Å²) in [6.07, 6.45) is 19.5. The predicted octanol–water partition coefficient (Wildman–Crippen LogP) is 10.1. The van der Waals surface area contributed by atoms with E-state index in [0.717, 1.165) is 77.0 Å². The molecule has 0 amide bonds. The Hall–Kier alpha value is -1.84. The van der Waals surface area contributed by atoms with Gasteiger partial charge in [0.2, 0.25) is 0 Å². The Kier molecular flexibility index (Phi) is 39.7. The number of aliphatic hydroxyl groups is 3. The molecule has 0 rings (SSSR count). The second-order valence-corrected chi connectivity index (χ2v) is 9.93. The van der Waals surface area contributed by atoms with Crippen LogP contribution in [0.5, 0.6) is 0 Å². The van der Waals surface area contributed by atoms with E-state index in [2.05, 4.69) is 20.8 Å². The number of unbranched alkanes of at least 4 members (excludes halogenated alkanes) is 6. The zero-order valence-corrected chi connectivity index (χ0v) is 27.7. The van der Waals surface area contributed by atoms with Crippen LogP contribution < -0.4 is 0 Å². The van der Waals surface area contributed by atoms with Crippen molar-refractivity contribution in [2.45, 2.75) is 157 Å². The van der Waals surface area contributed by atoms with Crippen LogP contribution in [0.15, 0.2) is 35.5 Å². The normalized spacial score (nSPS) is 11.4. The van der Waals surface area contributed by atoms with Crippen molar-refractivity contribution in [3.63, 3.8) is 0 Å². The average molecular weight is 605 g/mol. The van der Waals surface area contributed by atoms with E-state index in [0.29, 0.717) is 38.5 Å². The van der Waals surface area contributed by atoms with Crippen LogP contribution in [-0.4, -0.2) is 32.7 Å². The molecule has 0 spiro atoms. The van der Waals surface area contributed by atoms with Crippen molar-refractivity contribution in [2.75, 3.05) is 0 Å². The Bertz CT molecular complexity index is 615. The van der Waals surface area contributed by atoms with Gasteiger partial charge in [-0.05, 0) is 38.5 Å². The molecule has 0 aliphatic rings. The molecule has 0 unspecified atom stereocenters. The van der Waals surface area contributed by atoms with Gasteiger partial charge in [0.25, 0.3) is 0 Å². The molecule has 234 valence electrons. The number of allylic oxidation sites excluding steroid dienone is 6. The molecule has 0 saturated heterocycles. The molecule has 0 atom stereocenters. The first kappa shape index (κ1) is 45.2. The van der Waals surface area contributed by atoms with Gasteiger partial charge in [-0.3, -0.25) is 14.4 Å². The molecule has 7 heteroatoms. The van der Waals surface area contributed by atoms with Gasteiger partial charge in [0.15, 0.2) is 17.3 Å². The van der Waals surface area contributed by atoms with Crippen molar-refractivity contribution in [1.82, 2.24) is 0 Å². The minimum absolute atomic E-state index is 0. The molecular weight excluding hydrogens is 544 g/mol. The molecule has 6 nitrogen and oxygen atoms in total. The minimum Gasteiger partial charge on any atom is -0.512 e. The molecule has 0 aromatic heterocycles. The smallest absolute Gasteiger partial charge is 0.159 e. The van der Waals surface area contributed by atoms with Crippen molar-refractivity contribution >= 4 is 17.3 Å². The van der Waals surface area contributed by atoms with Crippen molar-refractivity contribution in [2.24, 2.45) is 0 Å². The number of carbonyl (C=O) groups is 3. The van der Waals surface area contributed by atoms with Gasteiger partial charge >= 0.3 is 0 Å². The summed E-state index contributed by atoms with van der Waals surface area (Å²) in [7, 11) is 0. The third-order valence-corrected chi connectivity index (χ3v) is 5.67. The summed E-state index contributed by atoms with van der Waals surface area (Å²) < 4.78 is 0. The summed E-state index contributed by atoms with van der Waals surface area (Å²) in [6.45, 7) is 12.3. The monoisotopic (exact) mass is 604 g/mol. The van der Waals surface area contributed by atoms with Gasteiger partial charge in [-0.15, -0.1) is 0 Å². The third kappa shape index (κ3) is 38.3. The molecule has 3 N–H and O–H groups in total. The summed E-state index contributed by atoms with van der Waals surface area (Å²) in [5.74, 6) is 0.871. The molecule has 0 aliphatic heterocycles. The zero-order valence-electron chi connectivity index (χ0n) is 26.4. The molecular formula is C33H60CrO6. The van der Waals surface area contributed by atoms with Gasteiger partial charge in [0, 0.05) is 74.1 Å². The molecule has 0 bridgehead atoms. The van der Waals surface area contributed by atoms with Gasteiger partial charge in [-0.25, -0.2) is 0 Å². The Balaban J connectivity index is -0.000000240. The van der Waals surface area contributed by atoms with Crippen LogP contribution in [0.25, 0.3) is 0 Å². The molecule has 0 radical (unpaired) electrons. The largest absolute Gasteiger partial charge is 0.512 e. The molecule has 0 saturated carbocycles. The first-order valence-corrected chi connectivity index (χ1v) is 15.4. The second kappa shape index (κ2) is 35.2. The summed E-state index contributed by atoms with van der Waals surface area (Å²) in [4.78, 5) is 33.4. The number of rotatable bonds is 21. The minimum atomic E-state index is 0. The maximum Gasteiger partial charge on any atom is 0.159 e. The van der Waals surface area contributed by atoms with Gasteiger partial charge < -0.3 is 15.3 Å². The van der Waals surface area contributed by atoms with Crippen molar-refractivity contribution in [3.05, 3.63) is 35.5 Å². The Morgan fingerprint density at radius 2 is 0.575 bits per heavy atom. The third-order valence-electron chi connectivity index (χ3n) is 5.67. The fourth-order valence-electron chi connectivity index (χ4n) is 3.12. The van der Waals surface area contributed by atoms with Crippen molar-refractivity contribution in [3.8, 4) is 0 Å². The van der Waals surface area contributed by atoms with Gasteiger partial charge in [-0.2, -0.15) is 0 Å². The molecule has 40 heavy (non-hydrogen) atoms. The van der Waals surface area contributed by atoms with Crippen LogP contribution in [0.4, 0.5) is 0 Å². The van der Waals surface area contributed by atoms with Crippen molar-refractivity contribution in [1.29, 1.82) is 0 Å². The van der Waals surface area contributed by atoms with Crippen molar-refractivity contribution < 1.29 is 47.1 Å². The standard InChI is InChI=1S/3C11H20O2.Cr/c3*1-3-5-7-10(12)9-11(13)8-6-4-2;/h3*9,12H,3-8H2,1-2H3;/b3*10-9-;. The number of hydrogen-bond acceptors (Lipinski definition) is 6. The SMILES string of the molecule is CCCCC(=O)/C=C(\O)CCCC.CCCCC(=O)/C=C(\O)CCCC.CCCCC(=O)/C=C(\O)CCCC.[Cr]. The van der Waals surface area contributed by atoms with E-state index in [1.165, 1.54) is 18.2 Å². The number of hydrogen-bond donors (Lipinski definition) is 3. The summed E-state index contributed by atoms with van der Waals surface area (Å²) in [6, 6.07) is 0. The van der Waals surface area contributed by atoms with E-state index in [-0.39, 0.29) is 52.0 Å². The Morgan fingerprint density at radius 3 is 0.750 bits per heavy atom. The van der Waals surface area contributed by atoms with Gasteiger partial charge in [0.05, 0.1) is 17.3 Å². The van der Waals surface area contributed by atoms with Crippen LogP contribution in [-0.2, 0) is 31.7 Å². The van der Waals surface area contributed by atoms with E-state index in [9.17, 15) is 29.7 Å². The number of ketones is 3. The van der Waals surface area contributed by atoms with E-state index >= 15 is 0 Å². The first-order chi connectivity index (χ1) is 18.6. The van der Waals surface area contributed by atoms with Crippen LogP contribution >= 0.6 is 0 Å². The van der Waals surface area contributed by atoms with Crippen LogP contribution in [0.3, 0.4) is 0 Å². The summed E-state index contributed by atoms with van der Waals surface area (Å²) >= 11 is 0. The van der Waals surface area contributed by atoms with Crippen LogP contribution in [0.1, 0.15) is 157 Å². The van der Waals surface area contributed by atoms with E-state index in [1.807, 2.05) is 20.8 Å². The molecule has 0 heterocycles. The number of aliphatic hydroxyl groups excluding tert-OH is 3. The quantitative estimate of drug-likeness (QED) is 0.0888. The Morgan fingerprint density at radius 1 is 0.400 bits per heavy atom. The fraction of sp³-hybridized carbons (Fsp3) is 0.727. The summed E-state index contributed by atoms with van der Waals surface area (Å²) in [5, 5.41) is 27.9. The van der Waals surface area contributed by atoms with Crippen LogP contribution in [0, 0.1) is 0 Å². The fourth-order valence-corrected chi connectivity index (χ4v) is 3.12. The summed E-state index contributed by atoms with van der Waals surface area (Å²) in [5.41, 5.74) is 0. The second-order valence-electron chi connectivity index (χ2n) is 9.93. The van der Waals surface area contributed by atoms with E-state index in [1.54, 1.807) is 0 Å². The van der Waals surface area contributed by atoms with Crippen LogP contribution in [0.2, 0.25) is 0 Å². The number of carbonyl (C=O) groups excluding carboxylic acids is 3.